The van der Waals surface area contributed by atoms with Crippen LogP contribution in [0.2, 0.25) is 0 Å². The zero-order valence-corrected chi connectivity index (χ0v) is 12.7. The van der Waals surface area contributed by atoms with E-state index in [2.05, 4.69) is 27.3 Å². The molecule has 2 heterocycles. The van der Waals surface area contributed by atoms with Crippen molar-refractivity contribution < 1.29 is 4.74 Å². The van der Waals surface area contributed by atoms with Crippen LogP contribution in [0.1, 0.15) is 32.6 Å². The number of aryl methyl sites for hydroxylation is 1. The molecule has 2 aromatic heterocycles. The van der Waals surface area contributed by atoms with Gasteiger partial charge in [-0.05, 0) is 18.8 Å². The fourth-order valence-electron chi connectivity index (χ4n) is 3.01. The third-order valence-electron chi connectivity index (χ3n) is 4.29. The van der Waals surface area contributed by atoms with Crippen LogP contribution < -0.4 is 5.32 Å². The van der Waals surface area contributed by atoms with Crippen LogP contribution in [0.3, 0.4) is 0 Å². The van der Waals surface area contributed by atoms with E-state index in [9.17, 15) is 0 Å². The van der Waals surface area contributed by atoms with Crippen molar-refractivity contribution >= 4 is 16.9 Å². The van der Waals surface area contributed by atoms with Gasteiger partial charge in [0.25, 0.3) is 0 Å². The largest absolute Gasteiger partial charge is 0.376 e. The highest BCUT2D eigenvalue weighted by atomic mass is 16.5. The van der Waals surface area contributed by atoms with Crippen LogP contribution in [0.4, 0.5) is 5.82 Å². The van der Waals surface area contributed by atoms with Gasteiger partial charge in [0.15, 0.2) is 5.65 Å². The zero-order valence-electron chi connectivity index (χ0n) is 12.7. The van der Waals surface area contributed by atoms with Crippen molar-refractivity contribution in [3.63, 3.8) is 0 Å². The molecule has 2 aromatic rings. The Kier molecular flexibility index (Phi) is 4.34. The van der Waals surface area contributed by atoms with E-state index in [1.165, 1.54) is 25.7 Å². The van der Waals surface area contributed by atoms with Crippen molar-refractivity contribution in [1.29, 1.82) is 0 Å². The van der Waals surface area contributed by atoms with Gasteiger partial charge in [0, 0.05) is 13.6 Å². The number of aromatic nitrogens is 4. The number of nitrogens with one attached hydrogen (secondary N) is 1. The lowest BCUT2D eigenvalue weighted by Crippen LogP contribution is -2.27. The van der Waals surface area contributed by atoms with Crippen LogP contribution in [0, 0.1) is 5.92 Å². The predicted molar refractivity (Wildman–Crippen MR) is 82.2 cm³/mol. The number of fused-ring (bicyclic) bond motifs is 1. The first-order valence-electron chi connectivity index (χ1n) is 7.74. The molecule has 0 amide bonds. The summed E-state index contributed by atoms with van der Waals surface area (Å²) in [5.41, 5.74) is 0.842. The highest BCUT2D eigenvalue weighted by Gasteiger charge is 2.21. The summed E-state index contributed by atoms with van der Waals surface area (Å²) < 4.78 is 7.76. The minimum atomic E-state index is 0.421. The smallest absolute Gasteiger partial charge is 0.163 e. The average Bonchev–Trinajstić information content (AvgIpc) is 2.88. The van der Waals surface area contributed by atoms with Crippen molar-refractivity contribution in [2.75, 3.05) is 18.5 Å². The maximum absolute atomic E-state index is 6.01. The molecule has 0 aromatic carbocycles. The van der Waals surface area contributed by atoms with Gasteiger partial charge in [-0.3, -0.25) is 4.68 Å². The number of nitrogens with zero attached hydrogens (tertiary/aromatic N) is 4. The minimum Gasteiger partial charge on any atom is -0.376 e. The number of ether oxygens (including phenoxy) is 1. The van der Waals surface area contributed by atoms with E-state index >= 15 is 0 Å². The van der Waals surface area contributed by atoms with E-state index in [1.807, 2.05) is 7.05 Å². The maximum Gasteiger partial charge on any atom is 0.163 e. The monoisotopic (exact) mass is 289 g/mol. The summed E-state index contributed by atoms with van der Waals surface area (Å²) in [7, 11) is 1.88. The second-order valence-electron chi connectivity index (χ2n) is 5.83. The molecule has 0 bridgehead atoms. The lowest BCUT2D eigenvalue weighted by molar-refractivity contribution is 0.000380. The topological polar surface area (TPSA) is 64.9 Å². The van der Waals surface area contributed by atoms with Gasteiger partial charge in [0.05, 0.1) is 24.3 Å². The van der Waals surface area contributed by atoms with Crippen LogP contribution in [-0.2, 0) is 11.8 Å². The molecule has 0 radical (unpaired) electrons. The molecular formula is C15H23N5O. The first-order chi connectivity index (χ1) is 10.3. The standard InChI is InChI=1S/C15H23N5O/c1-11-5-3-4-6-13(11)21-8-7-16-14-12-9-19-20(2)15(12)18-10-17-14/h9-11,13H,3-8H2,1-2H3,(H,16,17,18)/t11-,13-/m1/s1. The van der Waals surface area contributed by atoms with Crippen LogP contribution >= 0.6 is 0 Å². The van der Waals surface area contributed by atoms with Gasteiger partial charge in [-0.25, -0.2) is 9.97 Å². The van der Waals surface area contributed by atoms with E-state index in [4.69, 9.17) is 4.74 Å². The van der Waals surface area contributed by atoms with E-state index in [0.717, 1.165) is 23.4 Å². The summed E-state index contributed by atoms with van der Waals surface area (Å²) in [6.45, 7) is 3.76. The van der Waals surface area contributed by atoms with E-state index in [0.29, 0.717) is 18.6 Å². The Bertz CT molecular complexity index is 597. The fourth-order valence-corrected chi connectivity index (χ4v) is 3.01. The molecule has 1 N–H and O–H groups in total. The Balaban J connectivity index is 1.52. The molecule has 1 aliphatic carbocycles. The molecule has 114 valence electrons. The average molecular weight is 289 g/mol. The van der Waals surface area contributed by atoms with Gasteiger partial charge in [-0.2, -0.15) is 5.10 Å². The molecule has 0 spiro atoms. The number of anilines is 1. The van der Waals surface area contributed by atoms with Gasteiger partial charge in [0.1, 0.15) is 12.1 Å². The van der Waals surface area contributed by atoms with Crippen molar-refractivity contribution in [2.45, 2.75) is 38.7 Å². The van der Waals surface area contributed by atoms with Crippen molar-refractivity contribution in [1.82, 2.24) is 19.7 Å². The first-order valence-corrected chi connectivity index (χ1v) is 7.74. The third kappa shape index (κ3) is 3.15. The van der Waals surface area contributed by atoms with Crippen LogP contribution in [-0.4, -0.2) is 39.0 Å². The van der Waals surface area contributed by atoms with Gasteiger partial charge >= 0.3 is 0 Å². The summed E-state index contributed by atoms with van der Waals surface area (Å²) in [5, 5.41) is 8.49. The molecule has 6 heteroatoms. The lowest BCUT2D eigenvalue weighted by atomic mass is 9.88. The summed E-state index contributed by atoms with van der Waals surface area (Å²) in [4.78, 5) is 8.52. The van der Waals surface area contributed by atoms with E-state index < -0.39 is 0 Å². The molecule has 0 saturated heterocycles. The third-order valence-corrected chi connectivity index (χ3v) is 4.29. The molecule has 1 saturated carbocycles. The summed E-state index contributed by atoms with van der Waals surface area (Å²) in [6, 6.07) is 0. The fraction of sp³-hybridized carbons (Fsp3) is 0.667. The van der Waals surface area contributed by atoms with Gasteiger partial charge in [-0.1, -0.05) is 19.8 Å². The van der Waals surface area contributed by atoms with Gasteiger partial charge in [-0.15, -0.1) is 0 Å². The Morgan fingerprint density at radius 1 is 1.33 bits per heavy atom. The molecule has 6 nitrogen and oxygen atoms in total. The molecule has 21 heavy (non-hydrogen) atoms. The molecule has 0 unspecified atom stereocenters. The normalized spacial score (nSPS) is 22.6. The highest BCUT2D eigenvalue weighted by Crippen LogP contribution is 2.26. The number of hydrogen-bond donors (Lipinski definition) is 1. The van der Waals surface area contributed by atoms with Gasteiger partial charge < -0.3 is 10.1 Å². The number of rotatable bonds is 5. The van der Waals surface area contributed by atoms with Crippen molar-refractivity contribution in [2.24, 2.45) is 13.0 Å². The van der Waals surface area contributed by atoms with Crippen molar-refractivity contribution in [3.05, 3.63) is 12.5 Å². The number of hydrogen-bond acceptors (Lipinski definition) is 5. The lowest BCUT2D eigenvalue weighted by Gasteiger charge is -2.28. The Hall–Kier alpha value is -1.69. The summed E-state index contributed by atoms with van der Waals surface area (Å²) >= 11 is 0. The van der Waals surface area contributed by atoms with Crippen LogP contribution in [0.25, 0.3) is 11.0 Å². The maximum atomic E-state index is 6.01. The van der Waals surface area contributed by atoms with Crippen LogP contribution in [0.5, 0.6) is 0 Å². The van der Waals surface area contributed by atoms with Gasteiger partial charge in [0.2, 0.25) is 0 Å². The first kappa shape index (κ1) is 14.3. The molecule has 1 fully saturated rings. The summed E-state index contributed by atoms with van der Waals surface area (Å²) in [5.74, 6) is 1.51. The molecule has 0 aliphatic heterocycles. The van der Waals surface area contributed by atoms with E-state index in [1.54, 1.807) is 17.2 Å². The molecule has 1 aliphatic rings. The second-order valence-corrected chi connectivity index (χ2v) is 5.83. The Morgan fingerprint density at radius 2 is 2.19 bits per heavy atom. The van der Waals surface area contributed by atoms with E-state index in [-0.39, 0.29) is 0 Å². The summed E-state index contributed by atoms with van der Waals surface area (Å²) in [6.07, 6.45) is 8.91. The van der Waals surface area contributed by atoms with Crippen molar-refractivity contribution in [3.8, 4) is 0 Å². The highest BCUT2D eigenvalue weighted by molar-refractivity contribution is 5.85. The molecular weight excluding hydrogens is 266 g/mol. The zero-order chi connectivity index (χ0) is 14.7. The second kappa shape index (κ2) is 6.39. The molecule has 2 atom stereocenters. The SMILES string of the molecule is C[C@@H]1CCCC[C@H]1OCCNc1ncnc2c1cnn2C. The Morgan fingerprint density at radius 3 is 3.05 bits per heavy atom. The predicted octanol–water partition coefficient (Wildman–Crippen LogP) is 2.37. The van der Waals surface area contributed by atoms with Crippen LogP contribution in [0.15, 0.2) is 12.5 Å². The quantitative estimate of drug-likeness (QED) is 0.856. The minimum absolute atomic E-state index is 0.421. The Labute approximate surface area is 124 Å². The molecule has 3 rings (SSSR count).